The molecular weight excluding hydrogens is 207 g/mol. The lowest BCUT2D eigenvalue weighted by Crippen LogP contribution is -2.36. The topological polar surface area (TPSA) is 55.1 Å². The number of hydrogen-bond donors (Lipinski definition) is 2. The number of carbonyl (C=O) groups is 1. The first-order valence-corrected chi connectivity index (χ1v) is 4.92. The summed E-state index contributed by atoms with van der Waals surface area (Å²) >= 11 is 0. The molecular formula is C12H11FN2O. The lowest BCUT2D eigenvalue weighted by atomic mass is 10.1. The third-order valence-corrected chi connectivity index (χ3v) is 2.61. The minimum atomic E-state index is -0.598. The average molecular weight is 218 g/mol. The van der Waals surface area contributed by atoms with E-state index in [2.05, 4.69) is 11.2 Å². The summed E-state index contributed by atoms with van der Waals surface area (Å²) in [6.07, 6.45) is 6.75. The summed E-state index contributed by atoms with van der Waals surface area (Å²) < 4.78 is 13.4. The van der Waals surface area contributed by atoms with Crippen LogP contribution in [-0.4, -0.2) is 11.4 Å². The molecule has 1 aromatic rings. The van der Waals surface area contributed by atoms with Crippen LogP contribution < -0.4 is 11.1 Å². The van der Waals surface area contributed by atoms with Crippen molar-refractivity contribution in [1.29, 1.82) is 0 Å². The van der Waals surface area contributed by atoms with E-state index in [0.29, 0.717) is 5.69 Å². The second-order valence-corrected chi connectivity index (χ2v) is 3.92. The SMILES string of the molecule is C#CC1(NC(=O)c2cc(N)ccc2F)CC1. The summed E-state index contributed by atoms with van der Waals surface area (Å²) in [6.45, 7) is 0. The zero-order valence-electron chi connectivity index (χ0n) is 8.59. The number of carbonyl (C=O) groups excluding carboxylic acids is 1. The molecule has 0 bridgehead atoms. The van der Waals surface area contributed by atoms with Crippen molar-refractivity contribution in [2.75, 3.05) is 5.73 Å². The molecule has 0 heterocycles. The molecule has 82 valence electrons. The van der Waals surface area contributed by atoms with E-state index in [1.165, 1.54) is 18.2 Å². The van der Waals surface area contributed by atoms with Gasteiger partial charge in [-0.15, -0.1) is 6.42 Å². The Morgan fingerprint density at radius 2 is 2.25 bits per heavy atom. The van der Waals surface area contributed by atoms with E-state index >= 15 is 0 Å². The highest BCUT2D eigenvalue weighted by atomic mass is 19.1. The number of terminal acetylenes is 1. The van der Waals surface area contributed by atoms with Crippen molar-refractivity contribution < 1.29 is 9.18 Å². The molecule has 0 atom stereocenters. The number of nitrogens with one attached hydrogen (secondary N) is 1. The van der Waals surface area contributed by atoms with Gasteiger partial charge in [-0.1, -0.05) is 5.92 Å². The van der Waals surface area contributed by atoms with E-state index in [0.717, 1.165) is 12.8 Å². The zero-order chi connectivity index (χ0) is 11.8. The Hall–Kier alpha value is -2.02. The van der Waals surface area contributed by atoms with Gasteiger partial charge in [-0.2, -0.15) is 0 Å². The fourth-order valence-corrected chi connectivity index (χ4v) is 1.43. The van der Waals surface area contributed by atoms with Crippen molar-refractivity contribution in [3.8, 4) is 12.3 Å². The highest BCUT2D eigenvalue weighted by molar-refractivity contribution is 5.96. The summed E-state index contributed by atoms with van der Waals surface area (Å²) in [4.78, 5) is 11.7. The minimum absolute atomic E-state index is 0.0680. The van der Waals surface area contributed by atoms with Crippen LogP contribution in [0.4, 0.5) is 10.1 Å². The van der Waals surface area contributed by atoms with Gasteiger partial charge in [-0.25, -0.2) is 4.39 Å². The summed E-state index contributed by atoms with van der Waals surface area (Å²) in [5, 5.41) is 2.63. The third-order valence-electron chi connectivity index (χ3n) is 2.61. The molecule has 0 radical (unpaired) electrons. The molecule has 2 rings (SSSR count). The van der Waals surface area contributed by atoms with Crippen molar-refractivity contribution in [3.63, 3.8) is 0 Å². The maximum atomic E-state index is 13.4. The van der Waals surface area contributed by atoms with Crippen molar-refractivity contribution in [1.82, 2.24) is 5.32 Å². The Bertz CT molecular complexity index is 486. The van der Waals surface area contributed by atoms with Crippen molar-refractivity contribution >= 4 is 11.6 Å². The van der Waals surface area contributed by atoms with E-state index in [-0.39, 0.29) is 5.56 Å². The molecule has 3 nitrogen and oxygen atoms in total. The van der Waals surface area contributed by atoms with Crippen LogP contribution in [0.15, 0.2) is 18.2 Å². The fraction of sp³-hybridized carbons (Fsp3) is 0.250. The quantitative estimate of drug-likeness (QED) is 0.580. The monoisotopic (exact) mass is 218 g/mol. The molecule has 1 amide bonds. The number of halogens is 1. The molecule has 1 aromatic carbocycles. The number of rotatable bonds is 2. The number of hydrogen-bond acceptors (Lipinski definition) is 2. The second-order valence-electron chi connectivity index (χ2n) is 3.92. The Kier molecular flexibility index (Phi) is 2.31. The van der Waals surface area contributed by atoms with E-state index in [1.807, 2.05) is 0 Å². The van der Waals surface area contributed by atoms with Crippen molar-refractivity contribution in [2.45, 2.75) is 18.4 Å². The highest BCUT2D eigenvalue weighted by Crippen LogP contribution is 2.34. The van der Waals surface area contributed by atoms with E-state index < -0.39 is 17.3 Å². The van der Waals surface area contributed by atoms with Gasteiger partial charge in [-0.05, 0) is 31.0 Å². The van der Waals surface area contributed by atoms with E-state index in [4.69, 9.17) is 12.2 Å². The molecule has 0 aromatic heterocycles. The molecule has 0 saturated heterocycles. The normalized spacial score (nSPS) is 16.2. The molecule has 1 fully saturated rings. The standard InChI is InChI=1S/C12H11FN2O/c1-2-12(5-6-12)15-11(16)9-7-8(14)3-4-10(9)13/h1,3-4,7H,5-6,14H2,(H,15,16). The number of nitrogens with two attached hydrogens (primary N) is 1. The Morgan fingerprint density at radius 1 is 1.56 bits per heavy atom. The van der Waals surface area contributed by atoms with Crippen molar-refractivity contribution in [2.24, 2.45) is 0 Å². The molecule has 3 N–H and O–H groups in total. The summed E-state index contributed by atoms with van der Waals surface area (Å²) in [7, 11) is 0. The van der Waals surface area contributed by atoms with Crippen LogP contribution >= 0.6 is 0 Å². The van der Waals surface area contributed by atoms with Crippen LogP contribution in [0, 0.1) is 18.2 Å². The van der Waals surface area contributed by atoms with E-state index in [9.17, 15) is 9.18 Å². The van der Waals surface area contributed by atoms with Crippen molar-refractivity contribution in [3.05, 3.63) is 29.6 Å². The van der Waals surface area contributed by atoms with Crippen LogP contribution in [0.25, 0.3) is 0 Å². The molecule has 0 unspecified atom stereocenters. The molecule has 4 heteroatoms. The lowest BCUT2D eigenvalue weighted by Gasteiger charge is -2.11. The summed E-state index contributed by atoms with van der Waals surface area (Å²) in [6, 6.07) is 3.87. The van der Waals surface area contributed by atoms with Crippen LogP contribution in [0.3, 0.4) is 0 Å². The van der Waals surface area contributed by atoms with Crippen LogP contribution in [0.1, 0.15) is 23.2 Å². The molecule has 1 saturated carbocycles. The Labute approximate surface area is 92.8 Å². The number of nitrogen functional groups attached to an aromatic ring is 1. The van der Waals surface area contributed by atoms with Gasteiger partial charge in [0, 0.05) is 5.69 Å². The Morgan fingerprint density at radius 3 is 2.81 bits per heavy atom. The maximum Gasteiger partial charge on any atom is 0.255 e. The molecule has 0 aliphatic heterocycles. The first kappa shape index (κ1) is 10.5. The third kappa shape index (κ3) is 1.84. The first-order valence-electron chi connectivity index (χ1n) is 4.92. The molecule has 1 aliphatic rings. The average Bonchev–Trinajstić information content (AvgIpc) is 3.02. The Balaban J connectivity index is 2.22. The summed E-state index contributed by atoms with van der Waals surface area (Å²) in [5.74, 6) is 1.39. The highest BCUT2D eigenvalue weighted by Gasteiger charge is 2.42. The van der Waals surface area contributed by atoms with Gasteiger partial charge in [0.1, 0.15) is 11.4 Å². The molecule has 16 heavy (non-hydrogen) atoms. The number of amides is 1. The van der Waals surface area contributed by atoms with Gasteiger partial charge >= 0.3 is 0 Å². The molecule has 0 spiro atoms. The number of anilines is 1. The molecule has 1 aliphatic carbocycles. The van der Waals surface area contributed by atoms with Gasteiger partial charge in [0.2, 0.25) is 0 Å². The van der Waals surface area contributed by atoms with Crippen LogP contribution in [-0.2, 0) is 0 Å². The van der Waals surface area contributed by atoms with Gasteiger partial charge in [0.05, 0.1) is 5.56 Å². The summed E-state index contributed by atoms with van der Waals surface area (Å²) in [5.41, 5.74) is 5.19. The van der Waals surface area contributed by atoms with Crippen LogP contribution in [0.2, 0.25) is 0 Å². The van der Waals surface area contributed by atoms with Crippen LogP contribution in [0.5, 0.6) is 0 Å². The smallest absolute Gasteiger partial charge is 0.255 e. The lowest BCUT2D eigenvalue weighted by molar-refractivity contribution is 0.0938. The van der Waals surface area contributed by atoms with Gasteiger partial charge in [0.25, 0.3) is 5.91 Å². The van der Waals surface area contributed by atoms with Gasteiger partial charge in [0.15, 0.2) is 0 Å². The second kappa shape index (κ2) is 3.53. The minimum Gasteiger partial charge on any atom is -0.399 e. The van der Waals surface area contributed by atoms with E-state index in [1.54, 1.807) is 0 Å². The predicted molar refractivity (Wildman–Crippen MR) is 59.1 cm³/mol. The first-order chi connectivity index (χ1) is 7.56. The zero-order valence-corrected chi connectivity index (χ0v) is 8.59. The van der Waals surface area contributed by atoms with Gasteiger partial charge in [-0.3, -0.25) is 4.79 Å². The predicted octanol–water partition coefficient (Wildman–Crippen LogP) is 1.30. The largest absolute Gasteiger partial charge is 0.399 e. The maximum absolute atomic E-state index is 13.4. The number of benzene rings is 1. The van der Waals surface area contributed by atoms with Gasteiger partial charge < -0.3 is 11.1 Å². The fourth-order valence-electron chi connectivity index (χ4n) is 1.43.